The van der Waals surface area contributed by atoms with E-state index in [-0.39, 0.29) is 26.1 Å². The number of rotatable bonds is 9. The van der Waals surface area contributed by atoms with E-state index in [1.807, 2.05) is 0 Å². The lowest BCUT2D eigenvalue weighted by Gasteiger charge is -2.13. The Morgan fingerprint density at radius 1 is 0.913 bits per heavy atom. The van der Waals surface area contributed by atoms with Crippen molar-refractivity contribution in [1.29, 1.82) is 0 Å². The molecule has 23 heavy (non-hydrogen) atoms. The second-order valence-electron chi connectivity index (χ2n) is 4.61. The molecule has 1 aromatic heterocycles. The van der Waals surface area contributed by atoms with E-state index in [1.165, 1.54) is 0 Å². The van der Waals surface area contributed by atoms with Crippen LogP contribution < -0.4 is 0 Å². The third kappa shape index (κ3) is 6.14. The van der Waals surface area contributed by atoms with Gasteiger partial charge in [0.1, 0.15) is 17.9 Å². The van der Waals surface area contributed by atoms with Crippen LogP contribution in [0.5, 0.6) is 0 Å². The summed E-state index contributed by atoms with van der Waals surface area (Å²) < 4.78 is 20.1. The molecule has 128 valence electrons. The van der Waals surface area contributed by atoms with Gasteiger partial charge >= 0.3 is 17.9 Å². The molecule has 0 atom stereocenters. The number of ether oxygens (including phenoxy) is 3. The highest BCUT2D eigenvalue weighted by atomic mass is 16.6. The fraction of sp³-hybridized carbons (Fsp3) is 0.562. The van der Waals surface area contributed by atoms with Crippen molar-refractivity contribution >= 4 is 17.9 Å². The van der Waals surface area contributed by atoms with E-state index < -0.39 is 23.8 Å². The average Bonchev–Trinajstić information content (AvgIpc) is 2.92. The topological polar surface area (TPSA) is 92.0 Å². The normalized spacial score (nSPS) is 10.4. The fourth-order valence-electron chi connectivity index (χ4n) is 1.93. The maximum absolute atomic E-state index is 11.9. The molecular weight excluding hydrogens is 304 g/mol. The Morgan fingerprint density at radius 2 is 1.43 bits per heavy atom. The van der Waals surface area contributed by atoms with Gasteiger partial charge < -0.3 is 18.6 Å². The molecule has 0 unspecified atom stereocenters. The molecule has 1 rings (SSSR count). The van der Waals surface area contributed by atoms with Crippen molar-refractivity contribution in [2.75, 3.05) is 19.8 Å². The monoisotopic (exact) mass is 326 g/mol. The van der Waals surface area contributed by atoms with Gasteiger partial charge in [-0.05, 0) is 32.9 Å². The zero-order valence-electron chi connectivity index (χ0n) is 13.6. The zero-order valence-corrected chi connectivity index (χ0v) is 13.6. The van der Waals surface area contributed by atoms with E-state index in [1.54, 1.807) is 32.9 Å². The van der Waals surface area contributed by atoms with Crippen LogP contribution in [-0.4, -0.2) is 37.7 Å². The van der Waals surface area contributed by atoms with E-state index in [0.717, 1.165) is 0 Å². The average molecular weight is 326 g/mol. The molecule has 7 nitrogen and oxygen atoms in total. The Hall–Kier alpha value is -2.31. The molecular formula is C16H22O7. The van der Waals surface area contributed by atoms with Crippen molar-refractivity contribution < 1.29 is 33.0 Å². The molecule has 0 saturated heterocycles. The largest absolute Gasteiger partial charge is 0.466 e. The smallest absolute Gasteiger partial charge is 0.320 e. The molecule has 0 spiro atoms. The number of hydrogen-bond acceptors (Lipinski definition) is 7. The van der Waals surface area contributed by atoms with Gasteiger partial charge in [-0.15, -0.1) is 0 Å². The van der Waals surface area contributed by atoms with Gasteiger partial charge in [-0.2, -0.15) is 0 Å². The van der Waals surface area contributed by atoms with E-state index in [0.29, 0.717) is 18.1 Å². The summed E-state index contributed by atoms with van der Waals surface area (Å²) in [5.41, 5.74) is 0. The summed E-state index contributed by atoms with van der Waals surface area (Å²) in [4.78, 5) is 35.2. The molecule has 0 N–H and O–H groups in total. The van der Waals surface area contributed by atoms with Crippen LogP contribution in [0.1, 0.15) is 32.3 Å². The SMILES string of the molecule is CCOC(=O)Cc1ccc(CC(C(=O)OCC)C(=O)OCC)o1. The van der Waals surface area contributed by atoms with Gasteiger partial charge in [0.25, 0.3) is 0 Å². The van der Waals surface area contributed by atoms with Gasteiger partial charge in [0.2, 0.25) is 0 Å². The zero-order chi connectivity index (χ0) is 17.2. The van der Waals surface area contributed by atoms with Crippen LogP contribution in [0.3, 0.4) is 0 Å². The van der Waals surface area contributed by atoms with E-state index in [2.05, 4.69) is 0 Å². The Balaban J connectivity index is 2.75. The standard InChI is InChI=1S/C16H22O7/c1-4-20-14(17)10-12-8-7-11(23-12)9-13(15(18)21-5-2)16(19)22-6-3/h7-8,13H,4-6,9-10H2,1-3H3. The summed E-state index contributed by atoms with van der Waals surface area (Å²) in [6.45, 7) is 5.66. The van der Waals surface area contributed by atoms with Crippen molar-refractivity contribution in [1.82, 2.24) is 0 Å². The van der Waals surface area contributed by atoms with Crippen molar-refractivity contribution in [2.45, 2.75) is 33.6 Å². The molecule has 0 amide bonds. The lowest BCUT2D eigenvalue weighted by Crippen LogP contribution is -2.29. The van der Waals surface area contributed by atoms with Crippen molar-refractivity contribution in [3.63, 3.8) is 0 Å². The van der Waals surface area contributed by atoms with Crippen LogP contribution in [0.15, 0.2) is 16.5 Å². The molecule has 0 fully saturated rings. The van der Waals surface area contributed by atoms with Gasteiger partial charge in [-0.25, -0.2) is 0 Å². The Labute approximate surface area is 134 Å². The van der Waals surface area contributed by atoms with E-state index in [4.69, 9.17) is 18.6 Å². The Kier molecular flexibility index (Phi) is 7.87. The Bertz CT molecular complexity index is 514. The highest BCUT2D eigenvalue weighted by Gasteiger charge is 2.31. The first kappa shape index (κ1) is 18.7. The van der Waals surface area contributed by atoms with Gasteiger partial charge in [-0.1, -0.05) is 0 Å². The number of carbonyl (C=O) groups excluding carboxylic acids is 3. The highest BCUT2D eigenvalue weighted by molar-refractivity contribution is 5.95. The second-order valence-corrected chi connectivity index (χ2v) is 4.61. The highest BCUT2D eigenvalue weighted by Crippen LogP contribution is 2.16. The predicted octanol–water partition coefficient (Wildman–Crippen LogP) is 1.67. The van der Waals surface area contributed by atoms with Gasteiger partial charge in [0, 0.05) is 6.42 Å². The maximum atomic E-state index is 11.9. The van der Waals surface area contributed by atoms with Gasteiger partial charge in [0.05, 0.1) is 19.8 Å². The summed E-state index contributed by atoms with van der Waals surface area (Å²) in [7, 11) is 0. The van der Waals surface area contributed by atoms with Crippen LogP contribution in [0.2, 0.25) is 0 Å². The molecule has 0 aliphatic rings. The summed E-state index contributed by atoms with van der Waals surface area (Å²) >= 11 is 0. The molecule has 0 radical (unpaired) electrons. The quantitative estimate of drug-likeness (QED) is 0.387. The van der Waals surface area contributed by atoms with Crippen LogP contribution in [-0.2, 0) is 41.4 Å². The van der Waals surface area contributed by atoms with Crippen LogP contribution in [0.25, 0.3) is 0 Å². The van der Waals surface area contributed by atoms with Crippen molar-refractivity contribution in [2.24, 2.45) is 5.92 Å². The maximum Gasteiger partial charge on any atom is 0.320 e. The Morgan fingerprint density at radius 3 is 1.96 bits per heavy atom. The summed E-state index contributed by atoms with van der Waals surface area (Å²) in [6, 6.07) is 3.22. The lowest BCUT2D eigenvalue weighted by molar-refractivity contribution is -0.161. The molecule has 0 bridgehead atoms. The van der Waals surface area contributed by atoms with Crippen LogP contribution >= 0.6 is 0 Å². The van der Waals surface area contributed by atoms with Gasteiger partial charge in [-0.3, -0.25) is 14.4 Å². The minimum absolute atomic E-state index is 0.00266. The fourth-order valence-corrected chi connectivity index (χ4v) is 1.93. The van der Waals surface area contributed by atoms with Crippen molar-refractivity contribution in [3.8, 4) is 0 Å². The van der Waals surface area contributed by atoms with Crippen LogP contribution in [0, 0.1) is 5.92 Å². The second kappa shape index (κ2) is 9.66. The summed E-state index contributed by atoms with van der Waals surface area (Å²) in [5.74, 6) is -2.00. The van der Waals surface area contributed by atoms with E-state index in [9.17, 15) is 14.4 Å². The minimum atomic E-state index is -1.09. The van der Waals surface area contributed by atoms with Crippen molar-refractivity contribution in [3.05, 3.63) is 23.7 Å². The lowest BCUT2D eigenvalue weighted by atomic mass is 10.0. The third-order valence-electron chi connectivity index (χ3n) is 2.89. The molecule has 0 aliphatic heterocycles. The summed E-state index contributed by atoms with van der Waals surface area (Å²) in [6.07, 6.45) is 0.0117. The molecule has 1 heterocycles. The number of furan rings is 1. The first-order chi connectivity index (χ1) is 11.0. The molecule has 0 aliphatic carbocycles. The number of hydrogen-bond donors (Lipinski definition) is 0. The predicted molar refractivity (Wildman–Crippen MR) is 79.5 cm³/mol. The van der Waals surface area contributed by atoms with Crippen LogP contribution in [0.4, 0.5) is 0 Å². The summed E-state index contributed by atoms with van der Waals surface area (Å²) in [5, 5.41) is 0. The first-order valence-electron chi connectivity index (χ1n) is 7.58. The first-order valence-corrected chi connectivity index (χ1v) is 7.58. The van der Waals surface area contributed by atoms with Gasteiger partial charge in [0.15, 0.2) is 5.92 Å². The molecule has 0 aromatic carbocycles. The molecule has 0 saturated carbocycles. The minimum Gasteiger partial charge on any atom is -0.466 e. The van der Waals surface area contributed by atoms with E-state index >= 15 is 0 Å². The third-order valence-corrected chi connectivity index (χ3v) is 2.89. The molecule has 1 aromatic rings. The number of carbonyl (C=O) groups is 3. The number of esters is 3. The molecule has 7 heteroatoms.